The van der Waals surface area contributed by atoms with E-state index in [0.717, 1.165) is 36.8 Å². The second kappa shape index (κ2) is 8.16. The lowest BCUT2D eigenvalue weighted by molar-refractivity contribution is 0.0613. The van der Waals surface area contributed by atoms with Crippen LogP contribution in [0.1, 0.15) is 40.1 Å². The van der Waals surface area contributed by atoms with Crippen LogP contribution in [0.3, 0.4) is 0 Å². The van der Waals surface area contributed by atoms with E-state index in [0.29, 0.717) is 53.9 Å². The molecular weight excluding hydrogens is 434 g/mol. The zero-order chi connectivity index (χ0) is 23.2. The van der Waals surface area contributed by atoms with Gasteiger partial charge in [0.15, 0.2) is 5.65 Å². The molecule has 0 spiro atoms. The number of aromatic nitrogens is 3. The van der Waals surface area contributed by atoms with Crippen LogP contribution in [-0.4, -0.2) is 62.7 Å². The number of furan rings is 1. The number of fused-ring (bicyclic) bond motifs is 2. The summed E-state index contributed by atoms with van der Waals surface area (Å²) < 4.78 is 5.45. The second-order valence-electron chi connectivity index (χ2n) is 9.30. The molecule has 0 aliphatic carbocycles. The van der Waals surface area contributed by atoms with Gasteiger partial charge in [0.2, 0.25) is 0 Å². The lowest BCUT2D eigenvalue weighted by Crippen LogP contribution is -2.43. The number of pyridine rings is 1. The number of amides is 2. The van der Waals surface area contributed by atoms with Crippen molar-refractivity contribution in [1.29, 1.82) is 0 Å². The Hall–Kier alpha value is -3.88. The summed E-state index contributed by atoms with van der Waals surface area (Å²) in [6.07, 6.45) is 4.55. The van der Waals surface area contributed by atoms with Crippen LogP contribution in [0.5, 0.6) is 0 Å². The van der Waals surface area contributed by atoms with Crippen molar-refractivity contribution >= 4 is 33.9 Å². The minimum Gasteiger partial charge on any atom is -0.464 e. The first-order chi connectivity index (χ1) is 16.5. The van der Waals surface area contributed by atoms with Crippen LogP contribution < -0.4 is 5.69 Å². The first-order valence-corrected chi connectivity index (χ1v) is 11.7. The number of nitrogens with zero attached hydrogens (tertiary/aromatic N) is 3. The van der Waals surface area contributed by atoms with Gasteiger partial charge in [-0.2, -0.15) is 0 Å². The van der Waals surface area contributed by atoms with Crippen molar-refractivity contribution in [2.45, 2.75) is 19.3 Å². The molecule has 3 aromatic heterocycles. The van der Waals surface area contributed by atoms with E-state index in [1.165, 1.54) is 0 Å². The molecule has 9 heteroatoms. The molecular formula is C25H25N5O4. The molecule has 6 rings (SSSR count). The average Bonchev–Trinajstić information content (AvgIpc) is 3.61. The number of hydrogen-bond acceptors (Lipinski definition) is 5. The summed E-state index contributed by atoms with van der Waals surface area (Å²) in [4.78, 5) is 51.1. The van der Waals surface area contributed by atoms with Gasteiger partial charge in [0, 0.05) is 37.1 Å². The van der Waals surface area contributed by atoms with Gasteiger partial charge < -0.3 is 19.2 Å². The predicted octanol–water partition coefficient (Wildman–Crippen LogP) is 3.01. The highest BCUT2D eigenvalue weighted by molar-refractivity contribution is 5.97. The standard InChI is InChI=1S/C25H25N5O4/c31-23(16-4-3-15-8-11-34-21(15)12-16)30-10-7-18(14-30)17-2-1-9-29(13-17)24(32)20-6-5-19-22(26-20)28-25(33)27-19/h3-6,8,11-12,17-18H,1-2,7,9-10,13-14H2,(H2,26,27,28,33). The molecule has 0 bridgehead atoms. The Morgan fingerprint density at radius 2 is 1.76 bits per heavy atom. The summed E-state index contributed by atoms with van der Waals surface area (Å²) in [5, 5.41) is 0.985. The number of piperidine rings is 1. The van der Waals surface area contributed by atoms with E-state index in [9.17, 15) is 14.4 Å². The highest BCUT2D eigenvalue weighted by Crippen LogP contribution is 2.32. The number of H-pyrrole nitrogens is 2. The zero-order valence-corrected chi connectivity index (χ0v) is 18.6. The lowest BCUT2D eigenvalue weighted by atomic mass is 9.84. The van der Waals surface area contributed by atoms with Gasteiger partial charge in [-0.25, -0.2) is 9.78 Å². The molecule has 34 heavy (non-hydrogen) atoms. The maximum Gasteiger partial charge on any atom is 0.325 e. The van der Waals surface area contributed by atoms with E-state index in [1.54, 1.807) is 18.4 Å². The van der Waals surface area contributed by atoms with Crippen molar-refractivity contribution in [2.24, 2.45) is 11.8 Å². The molecule has 2 amide bonds. The van der Waals surface area contributed by atoms with Crippen molar-refractivity contribution < 1.29 is 14.0 Å². The first kappa shape index (κ1) is 20.7. The Bertz CT molecular complexity index is 1450. The van der Waals surface area contributed by atoms with E-state index in [-0.39, 0.29) is 17.5 Å². The Morgan fingerprint density at radius 1 is 0.941 bits per heavy atom. The van der Waals surface area contributed by atoms with E-state index in [4.69, 9.17) is 4.42 Å². The topological polar surface area (TPSA) is 115 Å². The van der Waals surface area contributed by atoms with Gasteiger partial charge in [-0.15, -0.1) is 0 Å². The normalized spacial score (nSPS) is 20.9. The number of carbonyl (C=O) groups is 2. The van der Waals surface area contributed by atoms with Crippen molar-refractivity contribution in [3.63, 3.8) is 0 Å². The number of hydrogen-bond donors (Lipinski definition) is 2. The van der Waals surface area contributed by atoms with Gasteiger partial charge >= 0.3 is 5.69 Å². The average molecular weight is 460 g/mol. The number of benzene rings is 1. The summed E-state index contributed by atoms with van der Waals surface area (Å²) in [5.41, 5.74) is 2.34. The summed E-state index contributed by atoms with van der Waals surface area (Å²) in [7, 11) is 0. The van der Waals surface area contributed by atoms with Gasteiger partial charge in [0.1, 0.15) is 11.3 Å². The predicted molar refractivity (Wildman–Crippen MR) is 126 cm³/mol. The fourth-order valence-corrected chi connectivity index (χ4v) is 5.40. The molecule has 2 fully saturated rings. The van der Waals surface area contributed by atoms with Crippen LogP contribution >= 0.6 is 0 Å². The van der Waals surface area contributed by atoms with Crippen LogP contribution in [0.15, 0.2) is 51.9 Å². The molecule has 0 radical (unpaired) electrons. The van der Waals surface area contributed by atoms with Crippen LogP contribution in [-0.2, 0) is 0 Å². The molecule has 0 saturated carbocycles. The second-order valence-corrected chi connectivity index (χ2v) is 9.30. The van der Waals surface area contributed by atoms with Crippen LogP contribution in [0.2, 0.25) is 0 Å². The van der Waals surface area contributed by atoms with Crippen molar-refractivity contribution in [3.8, 4) is 0 Å². The third kappa shape index (κ3) is 3.67. The number of likely N-dealkylation sites (tertiary alicyclic amines) is 2. The number of aromatic amines is 2. The van der Waals surface area contributed by atoms with Crippen molar-refractivity contribution in [3.05, 3.63) is 64.4 Å². The number of imidazole rings is 1. The molecule has 2 saturated heterocycles. The minimum absolute atomic E-state index is 0.0301. The molecule has 2 aliphatic rings. The minimum atomic E-state index is -0.338. The molecule has 2 atom stereocenters. The van der Waals surface area contributed by atoms with Gasteiger partial charge in [0.05, 0.1) is 11.8 Å². The van der Waals surface area contributed by atoms with Gasteiger partial charge in [0.25, 0.3) is 11.8 Å². The van der Waals surface area contributed by atoms with Gasteiger partial charge in [-0.3, -0.25) is 14.6 Å². The summed E-state index contributed by atoms with van der Waals surface area (Å²) in [6, 6.07) is 10.8. The Labute approximate surface area is 194 Å². The molecule has 1 aromatic carbocycles. The van der Waals surface area contributed by atoms with Crippen LogP contribution in [0.25, 0.3) is 22.1 Å². The summed E-state index contributed by atoms with van der Waals surface area (Å²) >= 11 is 0. The number of carbonyl (C=O) groups excluding carboxylic acids is 2. The third-order valence-corrected chi connectivity index (χ3v) is 7.22. The van der Waals surface area contributed by atoms with Crippen LogP contribution in [0.4, 0.5) is 0 Å². The Kier molecular flexibility index (Phi) is 4.97. The third-order valence-electron chi connectivity index (χ3n) is 7.22. The lowest BCUT2D eigenvalue weighted by Gasteiger charge is -2.35. The van der Waals surface area contributed by atoms with E-state index in [1.807, 2.05) is 34.1 Å². The molecule has 9 nitrogen and oxygen atoms in total. The summed E-state index contributed by atoms with van der Waals surface area (Å²) in [6.45, 7) is 2.78. The fraction of sp³-hybridized carbons (Fsp3) is 0.360. The maximum absolute atomic E-state index is 13.1. The van der Waals surface area contributed by atoms with Crippen molar-refractivity contribution in [2.75, 3.05) is 26.2 Å². The van der Waals surface area contributed by atoms with Gasteiger partial charge in [-0.1, -0.05) is 6.07 Å². The number of nitrogens with one attached hydrogen (secondary N) is 2. The molecule has 4 aromatic rings. The molecule has 2 unspecified atom stereocenters. The van der Waals surface area contributed by atoms with E-state index in [2.05, 4.69) is 15.0 Å². The fourth-order valence-electron chi connectivity index (χ4n) is 5.40. The summed E-state index contributed by atoms with van der Waals surface area (Å²) in [5.74, 6) is 0.621. The smallest absolute Gasteiger partial charge is 0.325 e. The SMILES string of the molecule is O=C(c1ccc2ccoc2c1)N1CCC(C2CCCN(C(=O)c3ccc4[nH]c(=O)[nH]c4n3)C2)C1. The van der Waals surface area contributed by atoms with E-state index < -0.39 is 0 Å². The first-order valence-electron chi connectivity index (χ1n) is 11.7. The molecule has 2 aliphatic heterocycles. The highest BCUT2D eigenvalue weighted by atomic mass is 16.3. The number of rotatable bonds is 3. The van der Waals surface area contributed by atoms with Crippen molar-refractivity contribution in [1.82, 2.24) is 24.8 Å². The molecule has 2 N–H and O–H groups in total. The largest absolute Gasteiger partial charge is 0.464 e. The monoisotopic (exact) mass is 459 g/mol. The van der Waals surface area contributed by atoms with E-state index >= 15 is 0 Å². The zero-order valence-electron chi connectivity index (χ0n) is 18.6. The van der Waals surface area contributed by atoms with Gasteiger partial charge in [-0.05, 0) is 61.4 Å². The Morgan fingerprint density at radius 3 is 2.65 bits per heavy atom. The highest BCUT2D eigenvalue weighted by Gasteiger charge is 2.36. The Balaban J connectivity index is 1.13. The van der Waals surface area contributed by atoms with Crippen LogP contribution in [0, 0.1) is 11.8 Å². The molecule has 174 valence electrons. The maximum atomic E-state index is 13.1. The quantitative estimate of drug-likeness (QED) is 0.489. The molecule has 5 heterocycles.